The average Bonchev–Trinajstić information content (AvgIpc) is 2.36. The molecule has 17 heavy (non-hydrogen) atoms. The molecule has 1 saturated carbocycles. The minimum Gasteiger partial charge on any atom is -0.398 e. The van der Waals surface area contributed by atoms with E-state index in [4.69, 9.17) is 5.73 Å². The van der Waals surface area contributed by atoms with Gasteiger partial charge >= 0.3 is 0 Å². The van der Waals surface area contributed by atoms with Gasteiger partial charge in [0.15, 0.2) is 0 Å². The molecule has 0 amide bonds. The van der Waals surface area contributed by atoms with Crippen molar-refractivity contribution in [3.8, 4) is 0 Å². The zero-order valence-corrected chi connectivity index (χ0v) is 10.9. The van der Waals surface area contributed by atoms with E-state index in [0.29, 0.717) is 6.04 Å². The molecule has 2 N–H and O–H groups in total. The molecule has 94 valence electrons. The second-order valence-corrected chi connectivity index (χ2v) is 4.98. The summed E-state index contributed by atoms with van der Waals surface area (Å²) in [6.45, 7) is 5.22. The second kappa shape index (κ2) is 5.39. The van der Waals surface area contributed by atoms with Gasteiger partial charge in [-0.15, -0.1) is 0 Å². The highest BCUT2D eigenvalue weighted by atomic mass is 15.2. The van der Waals surface area contributed by atoms with Crippen LogP contribution >= 0.6 is 0 Å². The topological polar surface area (TPSA) is 42.1 Å². The third-order valence-electron chi connectivity index (χ3n) is 3.78. The summed E-state index contributed by atoms with van der Waals surface area (Å²) >= 11 is 0. The van der Waals surface area contributed by atoms with Crippen molar-refractivity contribution >= 4 is 11.5 Å². The monoisotopic (exact) mass is 233 g/mol. The molecule has 0 bridgehead atoms. The van der Waals surface area contributed by atoms with Crippen LogP contribution in [0.5, 0.6) is 0 Å². The standard InChI is InChI=1S/C14H23N3/c1-3-17(12-7-5-4-6-8-12)14-9-13(15)11(2)10-16-14/h9-10,12H,3-8H2,1-2H3,(H2,15,16). The van der Waals surface area contributed by atoms with Crippen molar-refractivity contribution < 1.29 is 0 Å². The fourth-order valence-electron chi connectivity index (χ4n) is 2.68. The van der Waals surface area contributed by atoms with Gasteiger partial charge in [-0.2, -0.15) is 0 Å². The van der Waals surface area contributed by atoms with Crippen LogP contribution in [-0.2, 0) is 0 Å². The molecular weight excluding hydrogens is 210 g/mol. The zero-order valence-electron chi connectivity index (χ0n) is 10.9. The third kappa shape index (κ3) is 2.71. The van der Waals surface area contributed by atoms with Gasteiger partial charge < -0.3 is 10.6 Å². The first-order valence-corrected chi connectivity index (χ1v) is 6.71. The molecule has 0 saturated heterocycles. The fourth-order valence-corrected chi connectivity index (χ4v) is 2.68. The molecule has 0 atom stereocenters. The normalized spacial score (nSPS) is 17.1. The Morgan fingerprint density at radius 2 is 2.06 bits per heavy atom. The molecule has 1 fully saturated rings. The molecule has 1 aromatic rings. The van der Waals surface area contributed by atoms with E-state index in [9.17, 15) is 0 Å². The number of nitrogens with two attached hydrogens (primary N) is 1. The maximum Gasteiger partial charge on any atom is 0.130 e. The number of anilines is 2. The molecule has 0 radical (unpaired) electrons. The van der Waals surface area contributed by atoms with Crippen LogP contribution in [0.25, 0.3) is 0 Å². The van der Waals surface area contributed by atoms with Gasteiger partial charge in [-0.25, -0.2) is 4.98 Å². The van der Waals surface area contributed by atoms with Crippen molar-refractivity contribution in [1.29, 1.82) is 0 Å². The van der Waals surface area contributed by atoms with Gasteiger partial charge in [0.1, 0.15) is 5.82 Å². The summed E-state index contributed by atoms with van der Waals surface area (Å²) in [5.74, 6) is 1.04. The van der Waals surface area contributed by atoms with E-state index in [-0.39, 0.29) is 0 Å². The Morgan fingerprint density at radius 3 is 2.65 bits per heavy atom. The Balaban J connectivity index is 2.18. The first-order chi connectivity index (χ1) is 8.22. The van der Waals surface area contributed by atoms with Crippen LogP contribution in [0.1, 0.15) is 44.6 Å². The van der Waals surface area contributed by atoms with Crippen LogP contribution in [0.3, 0.4) is 0 Å². The van der Waals surface area contributed by atoms with E-state index in [1.54, 1.807) is 0 Å². The van der Waals surface area contributed by atoms with Crippen molar-refractivity contribution in [2.75, 3.05) is 17.2 Å². The molecule has 3 nitrogen and oxygen atoms in total. The Hall–Kier alpha value is -1.25. The van der Waals surface area contributed by atoms with Crippen molar-refractivity contribution in [2.24, 2.45) is 0 Å². The zero-order chi connectivity index (χ0) is 12.3. The summed E-state index contributed by atoms with van der Waals surface area (Å²) in [5, 5.41) is 0. The van der Waals surface area contributed by atoms with E-state index in [1.165, 1.54) is 32.1 Å². The SMILES string of the molecule is CCN(c1cc(N)c(C)cn1)C1CCCCC1. The van der Waals surface area contributed by atoms with Gasteiger partial charge in [-0.05, 0) is 32.3 Å². The van der Waals surface area contributed by atoms with Gasteiger partial charge in [0.2, 0.25) is 0 Å². The molecule has 0 aliphatic heterocycles. The molecule has 1 aliphatic carbocycles. The number of aryl methyl sites for hydroxylation is 1. The number of rotatable bonds is 3. The number of nitrogen functional groups attached to an aromatic ring is 1. The quantitative estimate of drug-likeness (QED) is 0.872. The molecule has 0 spiro atoms. The third-order valence-corrected chi connectivity index (χ3v) is 3.78. The predicted octanol–water partition coefficient (Wildman–Crippen LogP) is 3.13. The highest BCUT2D eigenvalue weighted by Gasteiger charge is 2.21. The lowest BCUT2D eigenvalue weighted by Crippen LogP contribution is -2.37. The smallest absolute Gasteiger partial charge is 0.130 e. The molecule has 0 unspecified atom stereocenters. The average molecular weight is 233 g/mol. The number of nitrogens with zero attached hydrogens (tertiary/aromatic N) is 2. The molecule has 1 aromatic heterocycles. The van der Waals surface area contributed by atoms with Crippen molar-refractivity contribution in [2.45, 2.75) is 52.0 Å². The van der Waals surface area contributed by atoms with Crippen molar-refractivity contribution in [3.05, 3.63) is 17.8 Å². The van der Waals surface area contributed by atoms with Crippen LogP contribution < -0.4 is 10.6 Å². The van der Waals surface area contributed by atoms with E-state index in [0.717, 1.165) is 23.6 Å². The number of hydrogen-bond acceptors (Lipinski definition) is 3. The summed E-state index contributed by atoms with van der Waals surface area (Å²) < 4.78 is 0. The van der Waals surface area contributed by atoms with Gasteiger partial charge in [0.05, 0.1) is 0 Å². The minimum absolute atomic E-state index is 0.656. The summed E-state index contributed by atoms with van der Waals surface area (Å²) in [4.78, 5) is 6.94. The van der Waals surface area contributed by atoms with Crippen LogP contribution in [0.2, 0.25) is 0 Å². The highest BCUT2D eigenvalue weighted by molar-refractivity contribution is 5.55. The predicted molar refractivity (Wildman–Crippen MR) is 73.3 cm³/mol. The maximum atomic E-state index is 5.98. The molecular formula is C14H23N3. The molecule has 1 heterocycles. The second-order valence-electron chi connectivity index (χ2n) is 4.98. The Kier molecular flexibility index (Phi) is 3.87. The van der Waals surface area contributed by atoms with E-state index >= 15 is 0 Å². The van der Waals surface area contributed by atoms with Crippen LogP contribution in [0, 0.1) is 6.92 Å². The van der Waals surface area contributed by atoms with Gasteiger partial charge in [0.25, 0.3) is 0 Å². The van der Waals surface area contributed by atoms with E-state index in [1.807, 2.05) is 19.2 Å². The van der Waals surface area contributed by atoms with Gasteiger partial charge in [-0.3, -0.25) is 0 Å². The lowest BCUT2D eigenvalue weighted by Gasteiger charge is -2.34. The Morgan fingerprint density at radius 1 is 1.35 bits per heavy atom. The van der Waals surface area contributed by atoms with Crippen molar-refractivity contribution in [3.63, 3.8) is 0 Å². The Labute approximate surface area is 104 Å². The molecule has 3 heteroatoms. The molecule has 0 aromatic carbocycles. The van der Waals surface area contributed by atoms with Gasteiger partial charge in [0, 0.05) is 30.5 Å². The highest BCUT2D eigenvalue weighted by Crippen LogP contribution is 2.27. The summed E-state index contributed by atoms with van der Waals surface area (Å²) in [7, 11) is 0. The van der Waals surface area contributed by atoms with Crippen LogP contribution in [-0.4, -0.2) is 17.6 Å². The molecule has 1 aliphatic rings. The van der Waals surface area contributed by atoms with E-state index in [2.05, 4.69) is 16.8 Å². The van der Waals surface area contributed by atoms with E-state index < -0.39 is 0 Å². The lowest BCUT2D eigenvalue weighted by molar-refractivity contribution is 0.416. The first-order valence-electron chi connectivity index (χ1n) is 6.71. The Bertz CT molecular complexity index is 370. The van der Waals surface area contributed by atoms with Crippen molar-refractivity contribution in [1.82, 2.24) is 4.98 Å². The summed E-state index contributed by atoms with van der Waals surface area (Å²) in [6, 6.07) is 2.68. The summed E-state index contributed by atoms with van der Waals surface area (Å²) in [5.41, 5.74) is 7.89. The largest absolute Gasteiger partial charge is 0.398 e. The van der Waals surface area contributed by atoms with Crippen LogP contribution in [0.4, 0.5) is 11.5 Å². The maximum absolute atomic E-state index is 5.98. The number of hydrogen-bond donors (Lipinski definition) is 1. The molecule has 2 rings (SSSR count). The number of pyridine rings is 1. The number of aromatic nitrogens is 1. The fraction of sp³-hybridized carbons (Fsp3) is 0.643. The summed E-state index contributed by atoms with van der Waals surface area (Å²) in [6.07, 6.45) is 8.56. The minimum atomic E-state index is 0.656. The van der Waals surface area contributed by atoms with Crippen LogP contribution in [0.15, 0.2) is 12.3 Å². The first kappa shape index (κ1) is 12.2. The lowest BCUT2D eigenvalue weighted by atomic mass is 9.94. The van der Waals surface area contributed by atoms with Gasteiger partial charge in [-0.1, -0.05) is 19.3 Å².